The number of nitrogens with zero attached hydrogens (tertiary/aromatic N) is 2. The molecule has 3 aromatic rings. The van der Waals surface area contributed by atoms with Crippen LogP contribution in [0, 0.1) is 5.92 Å². The number of carboxylic acids is 1. The van der Waals surface area contributed by atoms with E-state index < -0.39 is 5.97 Å². The smallest absolute Gasteiger partial charge is 0.323 e. The Hall–Kier alpha value is -3.08. The summed E-state index contributed by atoms with van der Waals surface area (Å²) in [6.45, 7) is -0.0350. The van der Waals surface area contributed by atoms with Gasteiger partial charge in [-0.1, -0.05) is 55.7 Å². The van der Waals surface area contributed by atoms with Crippen molar-refractivity contribution in [3.05, 3.63) is 65.9 Å². The zero-order chi connectivity index (χ0) is 22.1. The van der Waals surface area contributed by atoms with Crippen molar-refractivity contribution in [1.29, 1.82) is 0 Å². The highest BCUT2D eigenvalue weighted by Gasteiger charge is 2.35. The van der Waals surface area contributed by atoms with Gasteiger partial charge in [0.25, 0.3) is 0 Å². The molecule has 0 saturated heterocycles. The molecule has 5 nitrogen and oxygen atoms in total. The molecule has 1 aromatic heterocycles. The average molecular weight is 431 g/mol. The maximum Gasteiger partial charge on any atom is 0.323 e. The van der Waals surface area contributed by atoms with Crippen LogP contribution in [-0.2, 0) is 29.0 Å². The highest BCUT2D eigenvalue weighted by molar-refractivity contribution is 5.97. The Morgan fingerprint density at radius 2 is 1.66 bits per heavy atom. The highest BCUT2D eigenvalue weighted by atomic mass is 16.4. The summed E-state index contributed by atoms with van der Waals surface area (Å²) in [7, 11) is 0. The van der Waals surface area contributed by atoms with Crippen molar-refractivity contribution in [2.45, 2.75) is 64.0 Å². The van der Waals surface area contributed by atoms with Gasteiger partial charge in [-0.15, -0.1) is 0 Å². The fourth-order valence-corrected chi connectivity index (χ4v) is 5.77. The van der Waals surface area contributed by atoms with E-state index in [9.17, 15) is 14.7 Å². The van der Waals surface area contributed by atoms with Gasteiger partial charge in [-0.05, 0) is 55.9 Å². The largest absolute Gasteiger partial charge is 0.480 e. The Kier molecular flexibility index (Phi) is 5.73. The standard InChI is InChI=1S/C27H30N2O3/c30-26(31)18-28-24-14-8-7-13-22(24)23-17-19(15-16-25(23)28)27(32)29(20-9-3-1-4-10-20)21-11-5-2-6-12-21/h1,3-4,7-10,13-14,19,21H,2,5-6,11-12,15-18H2,(H,30,31). The van der Waals surface area contributed by atoms with E-state index in [1.807, 2.05) is 41.0 Å². The molecule has 1 N–H and O–H groups in total. The number of amides is 1. The van der Waals surface area contributed by atoms with E-state index in [1.165, 1.54) is 19.3 Å². The summed E-state index contributed by atoms with van der Waals surface area (Å²) >= 11 is 0. The maximum atomic E-state index is 14.0. The van der Waals surface area contributed by atoms with Gasteiger partial charge in [-0.3, -0.25) is 9.59 Å². The number of anilines is 1. The molecule has 2 aliphatic rings. The van der Waals surface area contributed by atoms with Crippen molar-refractivity contribution < 1.29 is 14.7 Å². The van der Waals surface area contributed by atoms with E-state index in [-0.39, 0.29) is 24.4 Å². The predicted octanol–water partition coefficient (Wildman–Crippen LogP) is 5.20. The lowest BCUT2D eigenvalue weighted by Crippen LogP contribution is -2.46. The first-order valence-electron chi connectivity index (χ1n) is 11.8. The summed E-state index contributed by atoms with van der Waals surface area (Å²) in [6, 6.07) is 18.4. The summed E-state index contributed by atoms with van der Waals surface area (Å²) in [4.78, 5) is 27.6. The number of carboxylic acid groups (broad SMARTS) is 1. The quantitative estimate of drug-likeness (QED) is 0.605. The summed E-state index contributed by atoms with van der Waals surface area (Å²) in [5.41, 5.74) is 4.20. The molecule has 5 rings (SSSR count). The van der Waals surface area contributed by atoms with Gasteiger partial charge in [-0.2, -0.15) is 0 Å². The van der Waals surface area contributed by atoms with E-state index in [2.05, 4.69) is 23.1 Å². The van der Waals surface area contributed by atoms with Gasteiger partial charge in [0.1, 0.15) is 6.54 Å². The van der Waals surface area contributed by atoms with Crippen molar-refractivity contribution in [1.82, 2.24) is 4.57 Å². The maximum absolute atomic E-state index is 14.0. The minimum atomic E-state index is -0.834. The number of benzene rings is 2. The summed E-state index contributed by atoms with van der Waals surface area (Å²) < 4.78 is 1.93. The molecule has 5 heteroatoms. The lowest BCUT2D eigenvalue weighted by atomic mass is 9.84. The molecule has 1 atom stereocenters. The molecular weight excluding hydrogens is 400 g/mol. The summed E-state index contributed by atoms with van der Waals surface area (Å²) in [6.07, 6.45) is 7.92. The van der Waals surface area contributed by atoms with E-state index in [0.717, 1.165) is 53.5 Å². The van der Waals surface area contributed by atoms with Gasteiger partial charge in [0.15, 0.2) is 0 Å². The highest BCUT2D eigenvalue weighted by Crippen LogP contribution is 2.37. The molecule has 32 heavy (non-hydrogen) atoms. The molecule has 1 unspecified atom stereocenters. The Morgan fingerprint density at radius 1 is 0.938 bits per heavy atom. The molecule has 2 aliphatic carbocycles. The van der Waals surface area contributed by atoms with Gasteiger partial charge >= 0.3 is 5.97 Å². The Labute approximate surface area is 188 Å². The monoisotopic (exact) mass is 430 g/mol. The topological polar surface area (TPSA) is 62.5 Å². The fourth-order valence-electron chi connectivity index (χ4n) is 5.77. The molecule has 1 amide bonds. The van der Waals surface area contributed by atoms with Crippen LogP contribution in [-0.4, -0.2) is 27.6 Å². The van der Waals surface area contributed by atoms with Crippen LogP contribution in [0.5, 0.6) is 0 Å². The van der Waals surface area contributed by atoms with Crippen molar-refractivity contribution in [2.75, 3.05) is 4.90 Å². The minimum absolute atomic E-state index is 0.0350. The first-order chi connectivity index (χ1) is 15.6. The van der Waals surface area contributed by atoms with Crippen molar-refractivity contribution in [2.24, 2.45) is 5.92 Å². The number of fused-ring (bicyclic) bond motifs is 3. The van der Waals surface area contributed by atoms with Gasteiger partial charge in [0.05, 0.1) is 0 Å². The van der Waals surface area contributed by atoms with Crippen LogP contribution >= 0.6 is 0 Å². The molecule has 2 aromatic carbocycles. The normalized spacial score (nSPS) is 18.9. The van der Waals surface area contributed by atoms with E-state index in [4.69, 9.17) is 0 Å². The Bertz CT molecular complexity index is 1130. The van der Waals surface area contributed by atoms with Gasteiger partial charge in [-0.25, -0.2) is 0 Å². The molecule has 0 aliphatic heterocycles. The van der Waals surface area contributed by atoms with E-state index in [0.29, 0.717) is 6.42 Å². The summed E-state index contributed by atoms with van der Waals surface area (Å²) in [5.74, 6) is -0.683. The first kappa shape index (κ1) is 20.8. The van der Waals surface area contributed by atoms with Crippen molar-refractivity contribution >= 4 is 28.5 Å². The summed E-state index contributed by atoms with van der Waals surface area (Å²) in [5, 5.41) is 10.5. The number of aromatic nitrogens is 1. The van der Waals surface area contributed by atoms with Crippen LogP contribution in [0.15, 0.2) is 54.6 Å². The fraction of sp³-hybridized carbons (Fsp3) is 0.407. The van der Waals surface area contributed by atoms with Gasteiger partial charge < -0.3 is 14.6 Å². The number of aliphatic carboxylic acids is 1. The lowest BCUT2D eigenvalue weighted by Gasteiger charge is -2.37. The third-order valence-corrected chi connectivity index (χ3v) is 7.23. The molecule has 1 heterocycles. The molecule has 1 saturated carbocycles. The molecule has 1 fully saturated rings. The molecule has 166 valence electrons. The molecule has 0 spiro atoms. The second-order valence-electron chi connectivity index (χ2n) is 9.20. The zero-order valence-corrected chi connectivity index (χ0v) is 18.4. The zero-order valence-electron chi connectivity index (χ0n) is 18.4. The van der Waals surface area contributed by atoms with Crippen LogP contribution in [0.4, 0.5) is 5.69 Å². The van der Waals surface area contributed by atoms with Gasteiger partial charge in [0.2, 0.25) is 5.91 Å². The van der Waals surface area contributed by atoms with Gasteiger partial charge in [0, 0.05) is 34.2 Å². The third-order valence-electron chi connectivity index (χ3n) is 7.23. The average Bonchev–Trinajstić information content (AvgIpc) is 3.13. The molecule has 0 radical (unpaired) electrons. The predicted molar refractivity (Wildman–Crippen MR) is 126 cm³/mol. The van der Waals surface area contributed by atoms with Crippen LogP contribution < -0.4 is 4.90 Å². The van der Waals surface area contributed by atoms with Crippen LogP contribution in [0.3, 0.4) is 0 Å². The van der Waals surface area contributed by atoms with Crippen LogP contribution in [0.1, 0.15) is 49.8 Å². The number of rotatable bonds is 5. The van der Waals surface area contributed by atoms with Crippen molar-refractivity contribution in [3.8, 4) is 0 Å². The number of carbonyl (C=O) groups excluding carboxylic acids is 1. The first-order valence-corrected chi connectivity index (χ1v) is 11.8. The molecular formula is C27H30N2O3. The van der Waals surface area contributed by atoms with Crippen LogP contribution in [0.25, 0.3) is 10.9 Å². The SMILES string of the molecule is O=C(O)Cn1c2c(c3ccccc31)CC(C(=O)N(c1ccccc1)C1CCCCC1)CC2. The number of hydrogen-bond donors (Lipinski definition) is 1. The van der Waals surface area contributed by atoms with E-state index in [1.54, 1.807) is 0 Å². The lowest BCUT2D eigenvalue weighted by molar-refractivity contribution is -0.137. The number of hydrogen-bond acceptors (Lipinski definition) is 2. The third kappa shape index (κ3) is 3.81. The van der Waals surface area contributed by atoms with Crippen molar-refractivity contribution in [3.63, 3.8) is 0 Å². The number of carbonyl (C=O) groups is 2. The Balaban J connectivity index is 1.49. The van der Waals surface area contributed by atoms with Crippen LogP contribution in [0.2, 0.25) is 0 Å². The molecule has 0 bridgehead atoms. The van der Waals surface area contributed by atoms with E-state index >= 15 is 0 Å². The second kappa shape index (κ2) is 8.81. The Morgan fingerprint density at radius 3 is 2.41 bits per heavy atom. The minimum Gasteiger partial charge on any atom is -0.480 e. The number of para-hydroxylation sites is 2. The second-order valence-corrected chi connectivity index (χ2v) is 9.20.